The molecule has 0 aliphatic carbocycles. The molecule has 2 aromatic rings. The summed E-state index contributed by atoms with van der Waals surface area (Å²) >= 11 is 0. The third kappa shape index (κ3) is 2.01. The minimum absolute atomic E-state index is 0.765. The highest BCUT2D eigenvalue weighted by Crippen LogP contribution is 2.09. The van der Waals surface area contributed by atoms with Crippen LogP contribution in [0.3, 0.4) is 0 Å². The summed E-state index contributed by atoms with van der Waals surface area (Å²) in [5.41, 5.74) is 3.28. The minimum atomic E-state index is 0.765. The molecule has 0 unspecified atom stereocenters. The van der Waals surface area contributed by atoms with Gasteiger partial charge in [0.1, 0.15) is 0 Å². The normalized spacial score (nSPS) is 10.6. The molecule has 5 nitrogen and oxygen atoms in total. The fraction of sp³-hybridized carbons (Fsp3) is 0.400. The molecule has 2 aromatic heterocycles. The Hall–Kier alpha value is -1.78. The zero-order valence-electron chi connectivity index (χ0n) is 9.23. The standard InChI is InChI=1S/C10H15N5/c1-8-9(5-14(3)13-8)6-15-7-10(11-2)4-12-15/h4-5,7,11H,6H2,1-3H3. The molecule has 0 bridgehead atoms. The molecule has 1 N–H and O–H groups in total. The second-order valence-corrected chi connectivity index (χ2v) is 3.59. The van der Waals surface area contributed by atoms with Gasteiger partial charge in [-0.15, -0.1) is 0 Å². The van der Waals surface area contributed by atoms with E-state index in [1.165, 1.54) is 5.56 Å². The molecule has 0 saturated carbocycles. The molecule has 0 amide bonds. The smallest absolute Gasteiger partial charge is 0.0724 e. The minimum Gasteiger partial charge on any atom is -0.386 e. The fourth-order valence-electron chi connectivity index (χ4n) is 1.56. The number of anilines is 1. The number of hydrogen-bond donors (Lipinski definition) is 1. The lowest BCUT2D eigenvalue weighted by atomic mass is 10.3. The Balaban J connectivity index is 2.17. The van der Waals surface area contributed by atoms with E-state index in [1.807, 2.05) is 49.0 Å². The molecule has 0 atom stereocenters. The van der Waals surface area contributed by atoms with Gasteiger partial charge in [0.2, 0.25) is 0 Å². The third-order valence-electron chi connectivity index (χ3n) is 2.37. The van der Waals surface area contributed by atoms with Crippen molar-refractivity contribution in [3.05, 3.63) is 29.8 Å². The topological polar surface area (TPSA) is 47.7 Å². The van der Waals surface area contributed by atoms with Gasteiger partial charge in [0, 0.05) is 32.1 Å². The van der Waals surface area contributed by atoms with Gasteiger partial charge in [-0.1, -0.05) is 0 Å². The van der Waals surface area contributed by atoms with Crippen LogP contribution >= 0.6 is 0 Å². The lowest BCUT2D eigenvalue weighted by molar-refractivity contribution is 0.683. The molecule has 2 heterocycles. The van der Waals surface area contributed by atoms with E-state index in [0.29, 0.717) is 0 Å². The lowest BCUT2D eigenvalue weighted by Crippen LogP contribution is -2.00. The summed E-state index contributed by atoms with van der Waals surface area (Å²) in [6, 6.07) is 0. The Labute approximate surface area is 88.7 Å². The third-order valence-corrected chi connectivity index (χ3v) is 2.37. The first kappa shape index (κ1) is 9.76. The Kier molecular flexibility index (Phi) is 2.45. The van der Waals surface area contributed by atoms with Crippen LogP contribution in [-0.4, -0.2) is 26.6 Å². The summed E-state index contributed by atoms with van der Waals surface area (Å²) in [5, 5.41) is 11.6. The Bertz CT molecular complexity index is 454. The highest BCUT2D eigenvalue weighted by atomic mass is 15.3. The van der Waals surface area contributed by atoms with E-state index in [2.05, 4.69) is 15.5 Å². The Morgan fingerprint density at radius 2 is 2.20 bits per heavy atom. The maximum Gasteiger partial charge on any atom is 0.0724 e. The van der Waals surface area contributed by atoms with E-state index in [-0.39, 0.29) is 0 Å². The summed E-state index contributed by atoms with van der Waals surface area (Å²) in [7, 11) is 3.81. The van der Waals surface area contributed by atoms with Crippen molar-refractivity contribution in [3.63, 3.8) is 0 Å². The van der Waals surface area contributed by atoms with Crippen LogP contribution in [0.15, 0.2) is 18.6 Å². The van der Waals surface area contributed by atoms with Crippen molar-refractivity contribution in [2.24, 2.45) is 7.05 Å². The van der Waals surface area contributed by atoms with E-state index < -0.39 is 0 Å². The summed E-state index contributed by atoms with van der Waals surface area (Å²) in [5.74, 6) is 0. The van der Waals surface area contributed by atoms with Gasteiger partial charge in [-0.05, 0) is 6.92 Å². The molecule has 0 saturated heterocycles. The van der Waals surface area contributed by atoms with E-state index in [4.69, 9.17) is 0 Å². The van der Waals surface area contributed by atoms with Crippen LogP contribution in [0.4, 0.5) is 5.69 Å². The van der Waals surface area contributed by atoms with Crippen molar-refractivity contribution in [3.8, 4) is 0 Å². The van der Waals surface area contributed by atoms with Crippen LogP contribution in [0.2, 0.25) is 0 Å². The molecule has 80 valence electrons. The van der Waals surface area contributed by atoms with Crippen molar-refractivity contribution in [2.45, 2.75) is 13.5 Å². The van der Waals surface area contributed by atoms with Gasteiger partial charge in [-0.3, -0.25) is 9.36 Å². The second-order valence-electron chi connectivity index (χ2n) is 3.59. The maximum atomic E-state index is 4.29. The molecular weight excluding hydrogens is 190 g/mol. The van der Waals surface area contributed by atoms with Crippen molar-refractivity contribution in [2.75, 3.05) is 12.4 Å². The van der Waals surface area contributed by atoms with E-state index in [1.54, 1.807) is 0 Å². The first-order valence-electron chi connectivity index (χ1n) is 4.88. The SMILES string of the molecule is CNc1cnn(Cc2cn(C)nc2C)c1. The van der Waals surface area contributed by atoms with Gasteiger partial charge in [-0.2, -0.15) is 10.2 Å². The number of aryl methyl sites for hydroxylation is 2. The van der Waals surface area contributed by atoms with Crippen molar-refractivity contribution < 1.29 is 0 Å². The Morgan fingerprint density at radius 3 is 2.73 bits per heavy atom. The highest BCUT2D eigenvalue weighted by molar-refractivity contribution is 5.37. The first-order valence-corrected chi connectivity index (χ1v) is 4.88. The summed E-state index contributed by atoms with van der Waals surface area (Å²) in [6.07, 6.45) is 5.81. The molecule has 2 rings (SSSR count). The van der Waals surface area contributed by atoms with Crippen LogP contribution in [0, 0.1) is 6.92 Å². The van der Waals surface area contributed by atoms with Crippen molar-refractivity contribution >= 4 is 5.69 Å². The monoisotopic (exact) mass is 205 g/mol. The summed E-state index contributed by atoms with van der Waals surface area (Å²) in [6.45, 7) is 2.78. The molecule has 0 spiro atoms. The number of hydrogen-bond acceptors (Lipinski definition) is 3. The van der Waals surface area contributed by atoms with Crippen LogP contribution in [-0.2, 0) is 13.6 Å². The summed E-state index contributed by atoms with van der Waals surface area (Å²) < 4.78 is 3.73. The van der Waals surface area contributed by atoms with E-state index in [9.17, 15) is 0 Å². The number of nitrogens with one attached hydrogen (secondary N) is 1. The zero-order valence-corrected chi connectivity index (χ0v) is 9.23. The van der Waals surface area contributed by atoms with Gasteiger partial charge in [-0.25, -0.2) is 0 Å². The average molecular weight is 205 g/mol. The molecule has 0 aromatic carbocycles. The zero-order chi connectivity index (χ0) is 10.8. The predicted octanol–water partition coefficient (Wildman–Crippen LogP) is 1.02. The van der Waals surface area contributed by atoms with Crippen LogP contribution in [0.5, 0.6) is 0 Å². The van der Waals surface area contributed by atoms with Crippen molar-refractivity contribution in [1.82, 2.24) is 19.6 Å². The van der Waals surface area contributed by atoms with Crippen molar-refractivity contribution in [1.29, 1.82) is 0 Å². The average Bonchev–Trinajstić information content (AvgIpc) is 2.75. The first-order chi connectivity index (χ1) is 7.19. The molecule has 0 aliphatic rings. The second kappa shape index (κ2) is 3.76. The van der Waals surface area contributed by atoms with Gasteiger partial charge in [0.25, 0.3) is 0 Å². The maximum absolute atomic E-state index is 4.29. The van der Waals surface area contributed by atoms with E-state index in [0.717, 1.165) is 17.9 Å². The van der Waals surface area contributed by atoms with E-state index >= 15 is 0 Å². The van der Waals surface area contributed by atoms with Crippen LogP contribution in [0.25, 0.3) is 0 Å². The van der Waals surface area contributed by atoms with Gasteiger partial charge < -0.3 is 5.32 Å². The molecule has 0 fully saturated rings. The fourth-order valence-corrected chi connectivity index (χ4v) is 1.56. The van der Waals surface area contributed by atoms with Gasteiger partial charge in [0.15, 0.2) is 0 Å². The molecular formula is C10H15N5. The summed E-state index contributed by atoms with van der Waals surface area (Å²) in [4.78, 5) is 0. The molecule has 15 heavy (non-hydrogen) atoms. The Morgan fingerprint density at radius 1 is 1.40 bits per heavy atom. The van der Waals surface area contributed by atoms with Crippen LogP contribution < -0.4 is 5.32 Å². The lowest BCUT2D eigenvalue weighted by Gasteiger charge is -1.98. The predicted molar refractivity (Wildman–Crippen MR) is 58.8 cm³/mol. The molecule has 5 heteroatoms. The quantitative estimate of drug-likeness (QED) is 0.813. The van der Waals surface area contributed by atoms with Crippen LogP contribution in [0.1, 0.15) is 11.3 Å². The van der Waals surface area contributed by atoms with Gasteiger partial charge >= 0.3 is 0 Å². The number of rotatable bonds is 3. The molecule has 0 radical (unpaired) electrons. The largest absolute Gasteiger partial charge is 0.386 e. The number of nitrogens with zero attached hydrogens (tertiary/aromatic N) is 4. The number of aromatic nitrogens is 4. The molecule has 0 aliphatic heterocycles. The van der Waals surface area contributed by atoms with Gasteiger partial charge in [0.05, 0.1) is 24.1 Å². The highest BCUT2D eigenvalue weighted by Gasteiger charge is 2.04.